The highest BCUT2D eigenvalue weighted by Gasteiger charge is 2.12. The average molecular weight is 324 g/mol. The summed E-state index contributed by atoms with van der Waals surface area (Å²) in [4.78, 5) is 14.1. The lowest BCUT2D eigenvalue weighted by Crippen LogP contribution is -2.16. The van der Waals surface area contributed by atoms with Gasteiger partial charge in [-0.05, 0) is 35.9 Å². The molecule has 0 aliphatic carbocycles. The zero-order chi connectivity index (χ0) is 16.9. The molecule has 1 heterocycles. The molecule has 0 saturated carbocycles. The van der Waals surface area contributed by atoms with E-state index in [0.29, 0.717) is 30.4 Å². The number of anilines is 2. The molecule has 2 aromatic carbocycles. The van der Waals surface area contributed by atoms with Crippen LogP contribution in [-0.4, -0.2) is 33.2 Å². The normalized spacial score (nSPS) is 12.9. The molecule has 0 fully saturated rings. The Hall–Kier alpha value is -2.95. The van der Waals surface area contributed by atoms with Gasteiger partial charge in [-0.1, -0.05) is 12.1 Å². The fourth-order valence-corrected chi connectivity index (χ4v) is 2.36. The molecule has 2 aromatic rings. The average Bonchev–Trinajstić information content (AvgIpc) is 2.60. The number of ether oxygens (including phenoxy) is 2. The molecule has 0 bridgehead atoms. The molecule has 1 aliphatic heterocycles. The first kappa shape index (κ1) is 15.9. The van der Waals surface area contributed by atoms with Crippen molar-refractivity contribution in [3.8, 4) is 11.5 Å². The molecule has 0 saturated heterocycles. The van der Waals surface area contributed by atoms with Crippen LogP contribution in [0.15, 0.2) is 48.5 Å². The summed E-state index contributed by atoms with van der Waals surface area (Å²) in [7, 11) is 3.98. The lowest BCUT2D eigenvalue weighted by atomic mass is 10.2. The molecule has 5 nitrogen and oxygen atoms in total. The molecule has 24 heavy (non-hydrogen) atoms. The number of carbonyl (C=O) groups is 1. The second kappa shape index (κ2) is 7.08. The van der Waals surface area contributed by atoms with Crippen LogP contribution in [0.2, 0.25) is 0 Å². The summed E-state index contributed by atoms with van der Waals surface area (Å²) in [5.74, 6) is 1.17. The van der Waals surface area contributed by atoms with Crippen LogP contribution in [-0.2, 0) is 4.79 Å². The van der Waals surface area contributed by atoms with Crippen molar-refractivity contribution in [2.45, 2.75) is 0 Å². The first-order valence-electron chi connectivity index (χ1n) is 7.78. The fraction of sp³-hybridized carbons (Fsp3) is 0.211. The highest BCUT2D eigenvalue weighted by atomic mass is 16.6. The van der Waals surface area contributed by atoms with Gasteiger partial charge < -0.3 is 19.7 Å². The molecule has 124 valence electrons. The van der Waals surface area contributed by atoms with Gasteiger partial charge in [-0.15, -0.1) is 0 Å². The predicted octanol–water partition coefficient (Wildman–Crippen LogP) is 3.18. The molecule has 1 aliphatic rings. The molecule has 0 radical (unpaired) electrons. The maximum Gasteiger partial charge on any atom is 0.248 e. The number of fused-ring (bicyclic) bond motifs is 1. The van der Waals surface area contributed by atoms with E-state index in [9.17, 15) is 4.79 Å². The third-order valence-electron chi connectivity index (χ3n) is 3.65. The van der Waals surface area contributed by atoms with Crippen molar-refractivity contribution < 1.29 is 14.3 Å². The molecule has 0 aromatic heterocycles. The molecular formula is C19H20N2O3. The van der Waals surface area contributed by atoms with Gasteiger partial charge in [0.1, 0.15) is 13.2 Å². The summed E-state index contributed by atoms with van der Waals surface area (Å²) in [6, 6.07) is 13.3. The van der Waals surface area contributed by atoms with Crippen LogP contribution >= 0.6 is 0 Å². The minimum atomic E-state index is -0.191. The van der Waals surface area contributed by atoms with Crippen molar-refractivity contribution in [1.82, 2.24) is 0 Å². The molecule has 0 atom stereocenters. The Morgan fingerprint density at radius 2 is 1.75 bits per heavy atom. The van der Waals surface area contributed by atoms with Gasteiger partial charge in [-0.25, -0.2) is 0 Å². The molecule has 0 unspecified atom stereocenters. The van der Waals surface area contributed by atoms with E-state index in [1.165, 1.54) is 6.08 Å². The van der Waals surface area contributed by atoms with E-state index < -0.39 is 0 Å². The third kappa shape index (κ3) is 3.87. The lowest BCUT2D eigenvalue weighted by Gasteiger charge is -2.18. The minimum Gasteiger partial charge on any atom is -0.486 e. The van der Waals surface area contributed by atoms with Gasteiger partial charge in [0.15, 0.2) is 11.5 Å². The second-order valence-electron chi connectivity index (χ2n) is 5.67. The standard InChI is InChI=1S/C19H20N2O3/c1-21(2)16-7-3-14(4-8-16)5-10-19(22)20-15-6-9-17-18(13-15)24-12-11-23-17/h3-10,13H,11-12H2,1-2H3,(H,20,22)/b10-5+. The summed E-state index contributed by atoms with van der Waals surface area (Å²) in [6.07, 6.45) is 3.30. The van der Waals surface area contributed by atoms with E-state index in [0.717, 1.165) is 11.3 Å². The van der Waals surface area contributed by atoms with E-state index in [4.69, 9.17) is 9.47 Å². The van der Waals surface area contributed by atoms with Gasteiger partial charge in [0.05, 0.1) is 0 Å². The third-order valence-corrected chi connectivity index (χ3v) is 3.65. The predicted molar refractivity (Wildman–Crippen MR) is 95.9 cm³/mol. The minimum absolute atomic E-state index is 0.191. The summed E-state index contributed by atoms with van der Waals surface area (Å²) >= 11 is 0. The van der Waals surface area contributed by atoms with Crippen LogP contribution in [0, 0.1) is 0 Å². The number of amides is 1. The van der Waals surface area contributed by atoms with Crippen molar-refractivity contribution in [2.24, 2.45) is 0 Å². The second-order valence-corrected chi connectivity index (χ2v) is 5.67. The number of nitrogens with zero attached hydrogens (tertiary/aromatic N) is 1. The Labute approximate surface area is 141 Å². The highest BCUT2D eigenvalue weighted by molar-refractivity contribution is 6.02. The highest BCUT2D eigenvalue weighted by Crippen LogP contribution is 2.32. The number of benzene rings is 2. The number of nitrogens with one attached hydrogen (secondary N) is 1. The van der Waals surface area contributed by atoms with Crippen LogP contribution < -0.4 is 19.7 Å². The van der Waals surface area contributed by atoms with Crippen molar-refractivity contribution >= 4 is 23.4 Å². The van der Waals surface area contributed by atoms with E-state index >= 15 is 0 Å². The topological polar surface area (TPSA) is 50.8 Å². The maximum atomic E-state index is 12.1. The van der Waals surface area contributed by atoms with Crippen molar-refractivity contribution in [3.63, 3.8) is 0 Å². The monoisotopic (exact) mass is 324 g/mol. The number of rotatable bonds is 4. The van der Waals surface area contributed by atoms with Crippen LogP contribution in [0.5, 0.6) is 11.5 Å². The number of carbonyl (C=O) groups excluding carboxylic acids is 1. The Bertz CT molecular complexity index is 752. The Balaban J connectivity index is 1.62. The maximum absolute atomic E-state index is 12.1. The van der Waals surface area contributed by atoms with Gasteiger partial charge in [0, 0.05) is 37.6 Å². The summed E-state index contributed by atoms with van der Waals surface area (Å²) < 4.78 is 11.0. The zero-order valence-corrected chi connectivity index (χ0v) is 13.8. The smallest absolute Gasteiger partial charge is 0.248 e. The van der Waals surface area contributed by atoms with Gasteiger partial charge >= 0.3 is 0 Å². The molecule has 5 heteroatoms. The van der Waals surface area contributed by atoms with Gasteiger partial charge in [-0.2, -0.15) is 0 Å². The van der Waals surface area contributed by atoms with Crippen molar-refractivity contribution in [1.29, 1.82) is 0 Å². The molecule has 1 amide bonds. The quantitative estimate of drug-likeness (QED) is 0.878. The Kier molecular flexibility index (Phi) is 4.70. The van der Waals surface area contributed by atoms with Crippen molar-refractivity contribution in [2.75, 3.05) is 37.5 Å². The first-order chi connectivity index (χ1) is 11.6. The lowest BCUT2D eigenvalue weighted by molar-refractivity contribution is -0.111. The summed E-state index contributed by atoms with van der Waals surface area (Å²) in [6.45, 7) is 1.07. The molecule has 0 spiro atoms. The summed E-state index contributed by atoms with van der Waals surface area (Å²) in [5.41, 5.74) is 2.77. The van der Waals surface area contributed by atoms with E-state index in [1.807, 2.05) is 43.3 Å². The first-order valence-corrected chi connectivity index (χ1v) is 7.78. The number of hydrogen-bond donors (Lipinski definition) is 1. The fourth-order valence-electron chi connectivity index (χ4n) is 2.36. The molecule has 3 rings (SSSR count). The molecular weight excluding hydrogens is 304 g/mol. The van der Waals surface area contributed by atoms with Gasteiger partial charge in [-0.3, -0.25) is 4.79 Å². The number of hydrogen-bond acceptors (Lipinski definition) is 4. The van der Waals surface area contributed by atoms with Gasteiger partial charge in [0.25, 0.3) is 0 Å². The van der Waals surface area contributed by atoms with Crippen LogP contribution in [0.25, 0.3) is 6.08 Å². The van der Waals surface area contributed by atoms with E-state index in [1.54, 1.807) is 24.3 Å². The van der Waals surface area contributed by atoms with Crippen LogP contribution in [0.3, 0.4) is 0 Å². The Morgan fingerprint density at radius 3 is 2.46 bits per heavy atom. The van der Waals surface area contributed by atoms with Crippen LogP contribution in [0.1, 0.15) is 5.56 Å². The van der Waals surface area contributed by atoms with Crippen LogP contribution in [0.4, 0.5) is 11.4 Å². The van der Waals surface area contributed by atoms with E-state index in [-0.39, 0.29) is 5.91 Å². The Morgan fingerprint density at radius 1 is 1.04 bits per heavy atom. The largest absolute Gasteiger partial charge is 0.486 e. The van der Waals surface area contributed by atoms with Gasteiger partial charge in [0.2, 0.25) is 5.91 Å². The SMILES string of the molecule is CN(C)c1ccc(/C=C/C(=O)Nc2ccc3c(c2)OCCO3)cc1. The molecule has 1 N–H and O–H groups in total. The summed E-state index contributed by atoms with van der Waals surface area (Å²) in [5, 5.41) is 2.82. The van der Waals surface area contributed by atoms with Crippen molar-refractivity contribution in [3.05, 3.63) is 54.1 Å². The van der Waals surface area contributed by atoms with E-state index in [2.05, 4.69) is 5.32 Å². The zero-order valence-electron chi connectivity index (χ0n) is 13.8.